The molecule has 0 radical (unpaired) electrons. The third-order valence-corrected chi connectivity index (χ3v) is 4.92. The van der Waals surface area contributed by atoms with Crippen LogP contribution in [0.5, 0.6) is 0 Å². The predicted molar refractivity (Wildman–Crippen MR) is 62.6 cm³/mol. The summed E-state index contributed by atoms with van der Waals surface area (Å²) in [6.07, 6.45) is 2.84. The first-order chi connectivity index (χ1) is 6.36. The van der Waals surface area contributed by atoms with Crippen molar-refractivity contribution in [3.63, 3.8) is 0 Å². The fourth-order valence-corrected chi connectivity index (χ4v) is 3.19. The first kappa shape index (κ1) is 9.60. The van der Waals surface area contributed by atoms with Crippen LogP contribution in [0.1, 0.15) is 12.8 Å². The standard InChI is InChI=1S/C11H13BrS/c12-11(9-6-7-9)8-13-10-4-2-1-3-5-10/h1-5,9,11H,6-8H2. The SMILES string of the molecule is BrC(CSc1ccccc1)C1CC1. The molecule has 0 aromatic heterocycles. The predicted octanol–water partition coefficient (Wildman–Crippen LogP) is 3.95. The van der Waals surface area contributed by atoms with Crippen LogP contribution in [0.4, 0.5) is 0 Å². The van der Waals surface area contributed by atoms with Crippen molar-refractivity contribution in [3.05, 3.63) is 30.3 Å². The van der Waals surface area contributed by atoms with Crippen molar-refractivity contribution >= 4 is 27.7 Å². The Morgan fingerprint density at radius 2 is 2.00 bits per heavy atom. The summed E-state index contributed by atoms with van der Waals surface area (Å²) in [5, 5.41) is 0. The van der Waals surface area contributed by atoms with Crippen molar-refractivity contribution < 1.29 is 0 Å². The number of thioether (sulfide) groups is 1. The van der Waals surface area contributed by atoms with Gasteiger partial charge in [0, 0.05) is 15.5 Å². The summed E-state index contributed by atoms with van der Waals surface area (Å²) >= 11 is 5.69. The van der Waals surface area contributed by atoms with Gasteiger partial charge in [-0.3, -0.25) is 0 Å². The Hall–Kier alpha value is 0.0500. The molecule has 1 atom stereocenters. The zero-order valence-corrected chi connectivity index (χ0v) is 9.85. The van der Waals surface area contributed by atoms with Crippen LogP contribution in [-0.2, 0) is 0 Å². The molecule has 2 heteroatoms. The van der Waals surface area contributed by atoms with Gasteiger partial charge in [0.1, 0.15) is 0 Å². The highest BCUT2D eigenvalue weighted by Gasteiger charge is 2.28. The highest BCUT2D eigenvalue weighted by Crippen LogP contribution is 2.38. The van der Waals surface area contributed by atoms with E-state index < -0.39 is 0 Å². The summed E-state index contributed by atoms with van der Waals surface area (Å²) < 4.78 is 0. The maximum absolute atomic E-state index is 3.74. The van der Waals surface area contributed by atoms with E-state index in [1.54, 1.807) is 0 Å². The molecule has 1 aliphatic carbocycles. The van der Waals surface area contributed by atoms with Crippen LogP contribution in [0.25, 0.3) is 0 Å². The van der Waals surface area contributed by atoms with E-state index in [1.165, 1.54) is 23.5 Å². The van der Waals surface area contributed by atoms with Crippen LogP contribution in [0, 0.1) is 5.92 Å². The summed E-state index contributed by atoms with van der Waals surface area (Å²) in [4.78, 5) is 2.10. The van der Waals surface area contributed by atoms with E-state index in [0.29, 0.717) is 0 Å². The van der Waals surface area contributed by atoms with Crippen LogP contribution in [0.2, 0.25) is 0 Å². The van der Waals surface area contributed by atoms with Gasteiger partial charge in [-0.25, -0.2) is 0 Å². The monoisotopic (exact) mass is 256 g/mol. The Morgan fingerprint density at radius 3 is 2.62 bits per heavy atom. The number of hydrogen-bond donors (Lipinski definition) is 0. The Labute approximate surface area is 92.2 Å². The first-order valence-electron chi connectivity index (χ1n) is 4.68. The molecule has 1 aliphatic rings. The Bertz CT molecular complexity index is 256. The van der Waals surface area contributed by atoms with Crippen molar-refractivity contribution in [2.24, 2.45) is 5.92 Å². The van der Waals surface area contributed by atoms with Gasteiger partial charge in [0.15, 0.2) is 0 Å². The lowest BCUT2D eigenvalue weighted by atomic mass is 10.3. The Balaban J connectivity index is 1.78. The van der Waals surface area contributed by atoms with Gasteiger partial charge in [0.05, 0.1) is 0 Å². The third-order valence-electron chi connectivity index (χ3n) is 2.29. The Kier molecular flexibility index (Phi) is 3.33. The van der Waals surface area contributed by atoms with Crippen LogP contribution in [-0.4, -0.2) is 10.6 Å². The van der Waals surface area contributed by atoms with E-state index in [4.69, 9.17) is 0 Å². The van der Waals surface area contributed by atoms with Gasteiger partial charge < -0.3 is 0 Å². The summed E-state index contributed by atoms with van der Waals surface area (Å²) in [6, 6.07) is 10.6. The van der Waals surface area contributed by atoms with Gasteiger partial charge in [-0.15, -0.1) is 11.8 Å². The smallest absolute Gasteiger partial charge is 0.0268 e. The molecule has 1 saturated carbocycles. The fourth-order valence-electron chi connectivity index (χ4n) is 1.29. The molecule has 0 N–H and O–H groups in total. The summed E-state index contributed by atoms with van der Waals surface area (Å²) in [6.45, 7) is 0. The van der Waals surface area contributed by atoms with E-state index in [2.05, 4.69) is 46.3 Å². The van der Waals surface area contributed by atoms with Crippen molar-refractivity contribution in [1.29, 1.82) is 0 Å². The molecule has 1 aromatic rings. The van der Waals surface area contributed by atoms with Gasteiger partial charge >= 0.3 is 0 Å². The van der Waals surface area contributed by atoms with Crippen LogP contribution in [0.3, 0.4) is 0 Å². The van der Waals surface area contributed by atoms with Crippen molar-refractivity contribution in [3.8, 4) is 0 Å². The Morgan fingerprint density at radius 1 is 1.31 bits per heavy atom. The molecular weight excluding hydrogens is 244 g/mol. The maximum Gasteiger partial charge on any atom is 0.0268 e. The zero-order valence-electron chi connectivity index (χ0n) is 7.45. The van der Waals surface area contributed by atoms with E-state index >= 15 is 0 Å². The highest BCUT2D eigenvalue weighted by molar-refractivity contribution is 9.09. The zero-order chi connectivity index (χ0) is 9.10. The minimum Gasteiger partial charge on any atom is -0.125 e. The minimum absolute atomic E-state index is 0.720. The highest BCUT2D eigenvalue weighted by atomic mass is 79.9. The number of rotatable bonds is 4. The molecular formula is C11H13BrS. The molecule has 0 saturated heterocycles. The average molecular weight is 257 g/mol. The molecule has 2 rings (SSSR count). The fraction of sp³-hybridized carbons (Fsp3) is 0.455. The molecule has 70 valence electrons. The quantitative estimate of drug-likeness (QED) is 0.581. The number of alkyl halides is 1. The second-order valence-electron chi connectivity index (χ2n) is 3.48. The summed E-state index contributed by atoms with van der Waals surface area (Å²) in [7, 11) is 0. The van der Waals surface area contributed by atoms with Crippen molar-refractivity contribution in [2.75, 3.05) is 5.75 Å². The van der Waals surface area contributed by atoms with Crippen LogP contribution in [0.15, 0.2) is 35.2 Å². The lowest BCUT2D eigenvalue weighted by Gasteiger charge is -2.06. The molecule has 0 amide bonds. The van der Waals surface area contributed by atoms with Gasteiger partial charge in [-0.05, 0) is 30.9 Å². The normalized spacial score (nSPS) is 18.5. The lowest BCUT2D eigenvalue weighted by Crippen LogP contribution is -2.03. The largest absolute Gasteiger partial charge is 0.125 e. The maximum atomic E-state index is 3.74. The van der Waals surface area contributed by atoms with Gasteiger partial charge in [0.25, 0.3) is 0 Å². The topological polar surface area (TPSA) is 0 Å². The van der Waals surface area contributed by atoms with E-state index in [0.717, 1.165) is 10.7 Å². The molecule has 1 unspecified atom stereocenters. The van der Waals surface area contributed by atoms with E-state index in [-0.39, 0.29) is 0 Å². The van der Waals surface area contributed by atoms with Gasteiger partial charge in [0.2, 0.25) is 0 Å². The van der Waals surface area contributed by atoms with Crippen molar-refractivity contribution in [1.82, 2.24) is 0 Å². The number of benzene rings is 1. The minimum atomic E-state index is 0.720. The number of halogens is 1. The van der Waals surface area contributed by atoms with E-state index in [9.17, 15) is 0 Å². The van der Waals surface area contributed by atoms with Crippen molar-refractivity contribution in [2.45, 2.75) is 22.6 Å². The molecule has 0 nitrogen and oxygen atoms in total. The summed E-state index contributed by atoms with van der Waals surface area (Å²) in [5.74, 6) is 2.16. The molecule has 13 heavy (non-hydrogen) atoms. The average Bonchev–Trinajstić information content (AvgIpc) is 2.99. The van der Waals surface area contributed by atoms with Gasteiger partial charge in [-0.1, -0.05) is 34.1 Å². The second-order valence-corrected chi connectivity index (χ2v) is 5.75. The third kappa shape index (κ3) is 3.03. The van der Waals surface area contributed by atoms with Crippen LogP contribution >= 0.6 is 27.7 Å². The van der Waals surface area contributed by atoms with Gasteiger partial charge in [-0.2, -0.15) is 0 Å². The molecule has 0 heterocycles. The molecule has 1 fully saturated rings. The molecule has 1 aromatic carbocycles. The molecule has 0 bridgehead atoms. The summed E-state index contributed by atoms with van der Waals surface area (Å²) in [5.41, 5.74) is 0. The molecule has 0 aliphatic heterocycles. The van der Waals surface area contributed by atoms with E-state index in [1.807, 2.05) is 11.8 Å². The lowest BCUT2D eigenvalue weighted by molar-refractivity contribution is 0.843. The first-order valence-corrected chi connectivity index (χ1v) is 6.58. The second kappa shape index (κ2) is 4.52. The molecule has 0 spiro atoms. The number of hydrogen-bond acceptors (Lipinski definition) is 1. The van der Waals surface area contributed by atoms with Crippen LogP contribution < -0.4 is 0 Å².